The lowest BCUT2D eigenvalue weighted by Gasteiger charge is -2.33. The number of guanidine groups is 1. The summed E-state index contributed by atoms with van der Waals surface area (Å²) >= 11 is 0. The van der Waals surface area contributed by atoms with Crippen LogP contribution >= 0.6 is 0 Å². The molecule has 1 heterocycles. The Morgan fingerprint density at radius 1 is 1.75 bits per heavy atom. The Kier molecular flexibility index (Phi) is 6.09. The maximum atomic E-state index is 9.01. The lowest BCUT2D eigenvalue weighted by molar-refractivity contribution is -0.0349. The van der Waals surface area contributed by atoms with Gasteiger partial charge in [0, 0.05) is 20.2 Å². The molecule has 0 bridgehead atoms. The zero-order valence-corrected chi connectivity index (χ0v) is 9.56. The monoisotopic (exact) mass is 232 g/mol. The molecule has 4 N–H and O–H groups in total. The summed E-state index contributed by atoms with van der Waals surface area (Å²) in [4.78, 5) is 6.23. The number of nitrogens with one attached hydrogen (secondary N) is 1. The van der Waals surface area contributed by atoms with E-state index in [9.17, 15) is 0 Å². The number of hydrogen-bond donors (Lipinski definition) is 3. The molecule has 1 aliphatic heterocycles. The third kappa shape index (κ3) is 3.93. The van der Waals surface area contributed by atoms with Gasteiger partial charge in [0.25, 0.3) is 0 Å². The standard InChI is InChI=1S/C9H20N4O3/c1-15-4-2-11-9(12-10)13-3-5-16-8(6-13)7-14/h8,14H,2-7,10H2,1H3,(H,11,12). The first-order valence-electron chi connectivity index (χ1n) is 5.29. The van der Waals surface area contributed by atoms with Gasteiger partial charge in [0.15, 0.2) is 0 Å². The molecular weight excluding hydrogens is 212 g/mol. The quantitative estimate of drug-likeness (QED) is 0.173. The second-order valence-corrected chi connectivity index (χ2v) is 3.46. The van der Waals surface area contributed by atoms with Crippen LogP contribution in [0.25, 0.3) is 0 Å². The maximum Gasteiger partial charge on any atom is 0.208 e. The van der Waals surface area contributed by atoms with Crippen LogP contribution in [0.4, 0.5) is 0 Å². The first-order valence-corrected chi connectivity index (χ1v) is 5.29. The van der Waals surface area contributed by atoms with Crippen LogP contribution in [0.1, 0.15) is 0 Å². The molecular formula is C9H20N4O3. The van der Waals surface area contributed by atoms with Gasteiger partial charge in [-0.25, -0.2) is 10.8 Å². The van der Waals surface area contributed by atoms with Crippen molar-refractivity contribution >= 4 is 5.96 Å². The molecule has 7 nitrogen and oxygen atoms in total. The summed E-state index contributed by atoms with van der Waals surface area (Å²) in [7, 11) is 1.63. The van der Waals surface area contributed by atoms with E-state index in [1.165, 1.54) is 0 Å². The Morgan fingerprint density at radius 3 is 3.19 bits per heavy atom. The highest BCUT2D eigenvalue weighted by Crippen LogP contribution is 2.04. The van der Waals surface area contributed by atoms with Crippen molar-refractivity contribution in [2.45, 2.75) is 6.10 Å². The van der Waals surface area contributed by atoms with E-state index in [0.717, 1.165) is 0 Å². The smallest absolute Gasteiger partial charge is 0.208 e. The SMILES string of the molecule is COCCN=C(NN)N1CCOC(CO)C1. The van der Waals surface area contributed by atoms with Gasteiger partial charge in [0.1, 0.15) is 0 Å². The Balaban J connectivity index is 2.47. The zero-order valence-electron chi connectivity index (χ0n) is 9.56. The van der Waals surface area contributed by atoms with Gasteiger partial charge < -0.3 is 19.5 Å². The second-order valence-electron chi connectivity index (χ2n) is 3.46. The van der Waals surface area contributed by atoms with E-state index in [0.29, 0.717) is 38.8 Å². The minimum atomic E-state index is -0.172. The highest BCUT2D eigenvalue weighted by molar-refractivity contribution is 5.79. The fourth-order valence-electron chi connectivity index (χ4n) is 1.50. The molecule has 7 heteroatoms. The second kappa shape index (κ2) is 7.39. The van der Waals surface area contributed by atoms with Gasteiger partial charge in [-0.05, 0) is 0 Å². The van der Waals surface area contributed by atoms with E-state index in [-0.39, 0.29) is 12.7 Å². The minimum Gasteiger partial charge on any atom is -0.394 e. The molecule has 1 rings (SSSR count). The summed E-state index contributed by atoms with van der Waals surface area (Å²) in [5, 5.41) is 9.01. The third-order valence-electron chi connectivity index (χ3n) is 2.33. The number of hydrazine groups is 1. The van der Waals surface area contributed by atoms with E-state index >= 15 is 0 Å². The fourth-order valence-corrected chi connectivity index (χ4v) is 1.50. The molecule has 0 spiro atoms. The average Bonchev–Trinajstić information content (AvgIpc) is 2.35. The number of methoxy groups -OCH3 is 1. The number of aliphatic imine (C=N–C) groups is 1. The van der Waals surface area contributed by atoms with Crippen LogP contribution in [-0.4, -0.2) is 68.6 Å². The number of ether oxygens (including phenoxy) is 2. The molecule has 1 saturated heterocycles. The zero-order chi connectivity index (χ0) is 11.8. The Morgan fingerprint density at radius 2 is 2.56 bits per heavy atom. The lowest BCUT2D eigenvalue weighted by atomic mass is 10.3. The lowest BCUT2D eigenvalue weighted by Crippen LogP contribution is -2.53. The highest BCUT2D eigenvalue weighted by Gasteiger charge is 2.21. The molecule has 1 aliphatic rings. The van der Waals surface area contributed by atoms with Crippen molar-refractivity contribution in [2.24, 2.45) is 10.8 Å². The topological polar surface area (TPSA) is 92.3 Å². The summed E-state index contributed by atoms with van der Waals surface area (Å²) < 4.78 is 10.2. The van der Waals surface area contributed by atoms with Crippen molar-refractivity contribution in [3.8, 4) is 0 Å². The molecule has 0 amide bonds. The molecule has 16 heavy (non-hydrogen) atoms. The van der Waals surface area contributed by atoms with E-state index in [1.54, 1.807) is 7.11 Å². The molecule has 0 aromatic heterocycles. The minimum absolute atomic E-state index is 0.00637. The van der Waals surface area contributed by atoms with Crippen molar-refractivity contribution in [1.82, 2.24) is 10.3 Å². The van der Waals surface area contributed by atoms with Crippen LogP contribution < -0.4 is 11.3 Å². The Bertz CT molecular complexity index is 225. The molecule has 0 saturated carbocycles. The van der Waals surface area contributed by atoms with E-state index in [1.807, 2.05) is 4.90 Å². The molecule has 0 aromatic rings. The van der Waals surface area contributed by atoms with Crippen molar-refractivity contribution < 1.29 is 14.6 Å². The number of morpholine rings is 1. The molecule has 1 fully saturated rings. The van der Waals surface area contributed by atoms with E-state index in [2.05, 4.69) is 10.4 Å². The van der Waals surface area contributed by atoms with Crippen molar-refractivity contribution in [1.29, 1.82) is 0 Å². The summed E-state index contributed by atoms with van der Waals surface area (Å²) in [6, 6.07) is 0. The van der Waals surface area contributed by atoms with Crippen LogP contribution in [0.2, 0.25) is 0 Å². The maximum absolute atomic E-state index is 9.01. The number of nitrogens with zero attached hydrogens (tertiary/aromatic N) is 2. The highest BCUT2D eigenvalue weighted by atomic mass is 16.5. The third-order valence-corrected chi connectivity index (χ3v) is 2.33. The van der Waals surface area contributed by atoms with Gasteiger partial charge in [-0.15, -0.1) is 0 Å². The van der Waals surface area contributed by atoms with Crippen LogP contribution in [0.15, 0.2) is 4.99 Å². The van der Waals surface area contributed by atoms with Crippen LogP contribution in [0.5, 0.6) is 0 Å². The van der Waals surface area contributed by atoms with Gasteiger partial charge in [-0.2, -0.15) is 0 Å². The van der Waals surface area contributed by atoms with Crippen LogP contribution in [0, 0.1) is 0 Å². The first kappa shape index (κ1) is 13.2. The number of aliphatic hydroxyl groups excluding tert-OH is 1. The molecule has 94 valence electrons. The number of hydrogen-bond acceptors (Lipinski definition) is 5. The molecule has 1 unspecified atom stereocenters. The Labute approximate surface area is 95.2 Å². The van der Waals surface area contributed by atoms with E-state index < -0.39 is 0 Å². The van der Waals surface area contributed by atoms with Crippen molar-refractivity contribution in [2.75, 3.05) is 46.6 Å². The normalized spacial score (nSPS) is 22.3. The van der Waals surface area contributed by atoms with Gasteiger partial charge in [0.05, 0.1) is 32.5 Å². The number of aliphatic hydroxyl groups is 1. The Hall–Kier alpha value is -0.890. The summed E-state index contributed by atoms with van der Waals surface area (Å²) in [6.07, 6.45) is -0.172. The molecule has 0 aromatic carbocycles. The number of nitrogens with two attached hydrogens (primary N) is 1. The van der Waals surface area contributed by atoms with Gasteiger partial charge in [-0.3, -0.25) is 5.43 Å². The van der Waals surface area contributed by atoms with Crippen LogP contribution in [0.3, 0.4) is 0 Å². The van der Waals surface area contributed by atoms with Gasteiger partial charge in [-0.1, -0.05) is 0 Å². The number of rotatable bonds is 4. The fraction of sp³-hybridized carbons (Fsp3) is 0.889. The van der Waals surface area contributed by atoms with Gasteiger partial charge in [0.2, 0.25) is 5.96 Å². The summed E-state index contributed by atoms with van der Waals surface area (Å²) in [5.41, 5.74) is 2.56. The molecule has 0 aliphatic carbocycles. The largest absolute Gasteiger partial charge is 0.394 e. The van der Waals surface area contributed by atoms with Crippen LogP contribution in [-0.2, 0) is 9.47 Å². The van der Waals surface area contributed by atoms with E-state index in [4.69, 9.17) is 20.4 Å². The predicted octanol–water partition coefficient (Wildman–Crippen LogP) is -1.85. The predicted molar refractivity (Wildman–Crippen MR) is 59.9 cm³/mol. The molecule has 1 atom stereocenters. The van der Waals surface area contributed by atoms with Crippen molar-refractivity contribution in [3.63, 3.8) is 0 Å². The molecule has 0 radical (unpaired) electrons. The van der Waals surface area contributed by atoms with Crippen molar-refractivity contribution in [3.05, 3.63) is 0 Å². The van der Waals surface area contributed by atoms with Gasteiger partial charge >= 0.3 is 0 Å². The average molecular weight is 232 g/mol. The summed E-state index contributed by atoms with van der Waals surface area (Å²) in [5.74, 6) is 6.02. The summed E-state index contributed by atoms with van der Waals surface area (Å²) in [6.45, 7) is 2.98. The first-order chi connectivity index (χ1) is 7.81.